The highest BCUT2D eigenvalue weighted by molar-refractivity contribution is 14.0. The normalized spacial score (nSPS) is 19.5. The van der Waals surface area contributed by atoms with Gasteiger partial charge in [0.15, 0.2) is 5.96 Å². The van der Waals surface area contributed by atoms with Crippen molar-refractivity contribution >= 4 is 41.7 Å². The summed E-state index contributed by atoms with van der Waals surface area (Å²) in [6, 6.07) is 1.96. The van der Waals surface area contributed by atoms with E-state index in [-0.39, 0.29) is 24.0 Å². The fourth-order valence-electron chi connectivity index (χ4n) is 2.39. The van der Waals surface area contributed by atoms with Crippen LogP contribution in [0.15, 0.2) is 23.5 Å². The molecule has 0 saturated carbocycles. The number of nitrogens with one attached hydrogen (secondary N) is 2. The number of rotatable bonds is 7. The van der Waals surface area contributed by atoms with Crippen molar-refractivity contribution in [3.05, 3.63) is 18.5 Å². The van der Waals surface area contributed by atoms with Crippen LogP contribution in [0.5, 0.6) is 0 Å². The summed E-state index contributed by atoms with van der Waals surface area (Å²) < 4.78 is 1.97. The van der Waals surface area contributed by atoms with E-state index < -0.39 is 0 Å². The van der Waals surface area contributed by atoms with Crippen molar-refractivity contribution in [3.8, 4) is 0 Å². The molecular weight excluding hydrogens is 409 g/mol. The molecule has 0 spiro atoms. The summed E-state index contributed by atoms with van der Waals surface area (Å²) in [6.45, 7) is 7.96. The van der Waals surface area contributed by atoms with Crippen LogP contribution in [0, 0.1) is 5.92 Å². The molecular formula is C15H28IN5S. The maximum atomic E-state index is 4.70. The molecule has 1 fully saturated rings. The van der Waals surface area contributed by atoms with E-state index in [1.165, 1.54) is 18.6 Å². The molecule has 2 N–H and O–H groups in total. The van der Waals surface area contributed by atoms with Crippen LogP contribution in [-0.4, -0.2) is 46.4 Å². The number of thioether (sulfide) groups is 1. The lowest BCUT2D eigenvalue weighted by atomic mass is 10.2. The quantitative estimate of drug-likeness (QED) is 0.391. The Balaban J connectivity index is 0.00000242. The Bertz CT molecular complexity index is 418. The van der Waals surface area contributed by atoms with E-state index in [1.54, 1.807) is 0 Å². The molecule has 2 atom stereocenters. The topological polar surface area (TPSA) is 54.2 Å². The molecule has 126 valence electrons. The average molecular weight is 437 g/mol. The third kappa shape index (κ3) is 7.21. The fraction of sp³-hybridized carbons (Fsp3) is 0.733. The van der Waals surface area contributed by atoms with Gasteiger partial charge in [-0.15, -0.1) is 24.0 Å². The van der Waals surface area contributed by atoms with E-state index in [2.05, 4.69) is 41.3 Å². The highest BCUT2D eigenvalue weighted by atomic mass is 127. The Morgan fingerprint density at radius 2 is 2.36 bits per heavy atom. The maximum Gasteiger partial charge on any atom is 0.191 e. The van der Waals surface area contributed by atoms with E-state index in [4.69, 9.17) is 4.99 Å². The molecule has 7 heteroatoms. The Morgan fingerprint density at radius 1 is 1.50 bits per heavy atom. The Hall–Kier alpha value is -0.440. The van der Waals surface area contributed by atoms with Crippen LogP contribution in [-0.2, 0) is 6.54 Å². The zero-order chi connectivity index (χ0) is 14.9. The van der Waals surface area contributed by atoms with Crippen molar-refractivity contribution in [1.82, 2.24) is 20.4 Å². The number of hydrogen-bond donors (Lipinski definition) is 2. The molecule has 0 bridgehead atoms. The van der Waals surface area contributed by atoms with Crippen molar-refractivity contribution in [1.29, 1.82) is 0 Å². The van der Waals surface area contributed by atoms with Crippen LogP contribution in [0.25, 0.3) is 0 Å². The SMILES string of the molecule is CCNC(=NCC(C)Cn1cccn1)NCC1CCCS1.I. The van der Waals surface area contributed by atoms with E-state index in [0.29, 0.717) is 5.92 Å². The maximum absolute atomic E-state index is 4.70. The smallest absolute Gasteiger partial charge is 0.191 e. The molecule has 0 aromatic carbocycles. The Labute approximate surface area is 155 Å². The van der Waals surface area contributed by atoms with Gasteiger partial charge in [-0.1, -0.05) is 6.92 Å². The summed E-state index contributed by atoms with van der Waals surface area (Å²) in [5.41, 5.74) is 0. The van der Waals surface area contributed by atoms with Gasteiger partial charge in [0.25, 0.3) is 0 Å². The molecule has 2 rings (SSSR count). The van der Waals surface area contributed by atoms with Gasteiger partial charge in [0, 0.05) is 43.8 Å². The van der Waals surface area contributed by atoms with Gasteiger partial charge in [-0.25, -0.2) is 0 Å². The van der Waals surface area contributed by atoms with Gasteiger partial charge >= 0.3 is 0 Å². The minimum atomic E-state index is 0. The first kappa shape index (κ1) is 19.6. The predicted octanol–water partition coefficient (Wildman–Crippen LogP) is 2.59. The van der Waals surface area contributed by atoms with Crippen LogP contribution in [0.1, 0.15) is 26.7 Å². The van der Waals surface area contributed by atoms with Crippen LogP contribution in [0.4, 0.5) is 0 Å². The molecule has 2 heterocycles. The van der Waals surface area contributed by atoms with Crippen LogP contribution in [0.3, 0.4) is 0 Å². The molecule has 0 radical (unpaired) electrons. The Morgan fingerprint density at radius 3 is 3.00 bits per heavy atom. The van der Waals surface area contributed by atoms with Gasteiger partial charge < -0.3 is 10.6 Å². The second kappa shape index (κ2) is 11.2. The van der Waals surface area contributed by atoms with Gasteiger partial charge in [0.2, 0.25) is 0 Å². The first-order valence-corrected chi connectivity index (χ1v) is 8.94. The highest BCUT2D eigenvalue weighted by Crippen LogP contribution is 2.25. The molecule has 0 aliphatic carbocycles. The minimum absolute atomic E-state index is 0. The fourth-order valence-corrected chi connectivity index (χ4v) is 3.59. The zero-order valence-electron chi connectivity index (χ0n) is 13.5. The van der Waals surface area contributed by atoms with Crippen LogP contribution in [0.2, 0.25) is 0 Å². The Kier molecular flexibility index (Phi) is 9.94. The van der Waals surface area contributed by atoms with E-state index >= 15 is 0 Å². The third-order valence-corrected chi connectivity index (χ3v) is 4.88. The zero-order valence-corrected chi connectivity index (χ0v) is 16.6. The average Bonchev–Trinajstić information content (AvgIpc) is 3.15. The van der Waals surface area contributed by atoms with Crippen molar-refractivity contribution in [2.75, 3.05) is 25.4 Å². The number of hydrogen-bond acceptors (Lipinski definition) is 3. The highest BCUT2D eigenvalue weighted by Gasteiger charge is 2.15. The molecule has 1 aromatic rings. The summed E-state index contributed by atoms with van der Waals surface area (Å²) in [7, 11) is 0. The van der Waals surface area contributed by atoms with Gasteiger partial charge in [-0.2, -0.15) is 16.9 Å². The summed E-state index contributed by atoms with van der Waals surface area (Å²) in [4.78, 5) is 4.70. The summed E-state index contributed by atoms with van der Waals surface area (Å²) >= 11 is 2.07. The van der Waals surface area contributed by atoms with Gasteiger partial charge in [-0.05, 0) is 37.5 Å². The number of nitrogens with zero attached hydrogens (tertiary/aromatic N) is 3. The van der Waals surface area contributed by atoms with Crippen molar-refractivity contribution in [2.45, 2.75) is 38.5 Å². The predicted molar refractivity (Wildman–Crippen MR) is 106 cm³/mol. The number of aliphatic imine (C=N–C) groups is 1. The second-order valence-corrected chi connectivity index (χ2v) is 6.98. The van der Waals surface area contributed by atoms with Gasteiger partial charge in [0.1, 0.15) is 0 Å². The minimum Gasteiger partial charge on any atom is -0.357 e. The molecule has 2 unspecified atom stereocenters. The van der Waals surface area contributed by atoms with Crippen LogP contribution < -0.4 is 10.6 Å². The summed E-state index contributed by atoms with van der Waals surface area (Å²) in [5, 5.41) is 11.8. The molecule has 0 amide bonds. The van der Waals surface area contributed by atoms with Gasteiger partial charge in [-0.3, -0.25) is 9.67 Å². The lowest BCUT2D eigenvalue weighted by molar-refractivity contribution is 0.458. The lowest BCUT2D eigenvalue weighted by Gasteiger charge is -2.15. The number of halogens is 1. The number of guanidine groups is 1. The first-order chi connectivity index (χ1) is 10.3. The van der Waals surface area contributed by atoms with E-state index in [0.717, 1.165) is 37.4 Å². The molecule has 1 aromatic heterocycles. The first-order valence-electron chi connectivity index (χ1n) is 7.89. The van der Waals surface area contributed by atoms with Gasteiger partial charge in [0.05, 0.1) is 0 Å². The van der Waals surface area contributed by atoms with E-state index in [9.17, 15) is 0 Å². The monoisotopic (exact) mass is 437 g/mol. The lowest BCUT2D eigenvalue weighted by Crippen LogP contribution is -2.40. The number of aromatic nitrogens is 2. The van der Waals surface area contributed by atoms with Crippen molar-refractivity contribution in [2.24, 2.45) is 10.9 Å². The molecule has 5 nitrogen and oxygen atoms in total. The summed E-state index contributed by atoms with van der Waals surface area (Å²) in [5.74, 6) is 2.72. The van der Waals surface area contributed by atoms with E-state index in [1.807, 2.05) is 23.1 Å². The molecule has 1 aliphatic rings. The summed E-state index contributed by atoms with van der Waals surface area (Å²) in [6.07, 6.45) is 6.50. The van der Waals surface area contributed by atoms with Crippen molar-refractivity contribution in [3.63, 3.8) is 0 Å². The molecule has 1 aliphatic heterocycles. The largest absolute Gasteiger partial charge is 0.357 e. The molecule has 1 saturated heterocycles. The van der Waals surface area contributed by atoms with Crippen molar-refractivity contribution < 1.29 is 0 Å². The van der Waals surface area contributed by atoms with Crippen LogP contribution >= 0.6 is 35.7 Å². The standard InChI is InChI=1S/C15H27N5S.HI/c1-3-16-15(18-11-14-6-4-9-21-14)17-10-13(2)12-20-8-5-7-19-20;/h5,7-8,13-14H,3-4,6,9-12H2,1-2H3,(H2,16,17,18);1H. The molecule has 22 heavy (non-hydrogen) atoms. The third-order valence-electron chi connectivity index (χ3n) is 3.48. The second-order valence-electron chi connectivity index (χ2n) is 5.57.